The van der Waals surface area contributed by atoms with Gasteiger partial charge in [-0.1, -0.05) is 38.1 Å². The van der Waals surface area contributed by atoms with Gasteiger partial charge >= 0.3 is 12.6 Å². The summed E-state index contributed by atoms with van der Waals surface area (Å²) in [5.74, 6) is -0.977. The second-order valence-corrected chi connectivity index (χ2v) is 6.71. The van der Waals surface area contributed by atoms with Crippen LogP contribution >= 0.6 is 0 Å². The fourth-order valence-electron chi connectivity index (χ4n) is 2.53. The van der Waals surface area contributed by atoms with Crippen molar-refractivity contribution in [3.05, 3.63) is 59.7 Å². The molecule has 5 nitrogen and oxygen atoms in total. The molecule has 1 amide bonds. The highest BCUT2D eigenvalue weighted by Crippen LogP contribution is 2.25. The Labute approximate surface area is 162 Å². The van der Waals surface area contributed by atoms with Gasteiger partial charge in [-0.3, -0.25) is 4.79 Å². The summed E-state index contributed by atoms with van der Waals surface area (Å²) in [6.45, 7) is 2.59. The molecule has 150 valence electrons. The van der Waals surface area contributed by atoms with Gasteiger partial charge in [-0.25, -0.2) is 4.79 Å². The zero-order chi connectivity index (χ0) is 20.7. The first-order valence-corrected chi connectivity index (χ1v) is 8.91. The van der Waals surface area contributed by atoms with E-state index in [1.807, 2.05) is 12.1 Å². The Bertz CT molecular complexity index is 806. The Balaban J connectivity index is 1.98. The summed E-state index contributed by atoms with van der Waals surface area (Å²) in [7, 11) is 0. The monoisotopic (exact) mass is 391 g/mol. The van der Waals surface area contributed by atoms with Crippen molar-refractivity contribution in [3.63, 3.8) is 0 Å². The Morgan fingerprint density at radius 1 is 1.00 bits per heavy atom. The van der Waals surface area contributed by atoms with Crippen LogP contribution in [0.5, 0.6) is 5.75 Å². The van der Waals surface area contributed by atoms with Gasteiger partial charge in [-0.15, -0.1) is 0 Å². The van der Waals surface area contributed by atoms with E-state index in [1.165, 1.54) is 25.1 Å². The smallest absolute Gasteiger partial charge is 0.387 e. The topological polar surface area (TPSA) is 64.6 Å². The van der Waals surface area contributed by atoms with E-state index in [0.29, 0.717) is 11.5 Å². The number of rotatable bonds is 8. The van der Waals surface area contributed by atoms with Crippen LogP contribution < -0.4 is 10.1 Å². The molecule has 7 heteroatoms. The molecule has 0 spiro atoms. The first-order valence-electron chi connectivity index (χ1n) is 8.91. The highest BCUT2D eigenvalue weighted by molar-refractivity contribution is 5.98. The first-order chi connectivity index (χ1) is 13.3. The second-order valence-electron chi connectivity index (χ2n) is 6.71. The van der Waals surface area contributed by atoms with E-state index in [0.717, 1.165) is 12.0 Å². The molecule has 0 fully saturated rings. The van der Waals surface area contributed by atoms with Crippen molar-refractivity contribution >= 4 is 17.6 Å². The zero-order valence-corrected chi connectivity index (χ0v) is 15.9. The van der Waals surface area contributed by atoms with Crippen molar-refractivity contribution < 1.29 is 27.8 Å². The maximum atomic E-state index is 12.5. The molecule has 0 unspecified atom stereocenters. The minimum absolute atomic E-state index is 0.0636. The summed E-state index contributed by atoms with van der Waals surface area (Å²) < 4.78 is 34.4. The molecule has 2 aromatic rings. The normalized spacial score (nSPS) is 12.0. The number of hydrogen-bond acceptors (Lipinski definition) is 4. The van der Waals surface area contributed by atoms with Gasteiger partial charge in [0.15, 0.2) is 6.10 Å². The number of anilines is 1. The van der Waals surface area contributed by atoms with Crippen molar-refractivity contribution in [2.45, 2.75) is 39.9 Å². The van der Waals surface area contributed by atoms with Crippen LogP contribution in [-0.4, -0.2) is 24.6 Å². The third kappa shape index (κ3) is 6.33. The van der Waals surface area contributed by atoms with Crippen LogP contribution in [-0.2, 0) is 16.0 Å². The lowest BCUT2D eigenvalue weighted by Gasteiger charge is -2.16. The Morgan fingerprint density at radius 2 is 1.64 bits per heavy atom. The predicted molar refractivity (Wildman–Crippen MR) is 102 cm³/mol. The molecule has 0 heterocycles. The van der Waals surface area contributed by atoms with Gasteiger partial charge in [0.25, 0.3) is 5.91 Å². The predicted octanol–water partition coefficient (Wildman–Crippen LogP) is 4.67. The Kier molecular flexibility index (Phi) is 7.49. The molecule has 0 saturated heterocycles. The van der Waals surface area contributed by atoms with Crippen LogP contribution in [0.15, 0.2) is 48.5 Å². The number of hydrogen-bond donors (Lipinski definition) is 1. The number of halogens is 2. The summed E-state index contributed by atoms with van der Waals surface area (Å²) in [6.07, 6.45) is -0.226. The lowest BCUT2D eigenvalue weighted by atomic mass is 10.0. The summed E-state index contributed by atoms with van der Waals surface area (Å²) >= 11 is 0. The number of amides is 1. The molecule has 0 saturated carbocycles. The number of alkyl halides is 2. The van der Waals surface area contributed by atoms with Crippen LogP contribution in [0.3, 0.4) is 0 Å². The second kappa shape index (κ2) is 9.82. The maximum Gasteiger partial charge on any atom is 0.387 e. The van der Waals surface area contributed by atoms with Crippen LogP contribution in [0.2, 0.25) is 0 Å². The largest absolute Gasteiger partial charge is 0.449 e. The SMILES string of the molecule is CC(C)Cc1ccc(C(=O)O[C@@H](C)C(=O)Nc2ccccc2OC(F)F)cc1. The lowest BCUT2D eigenvalue weighted by molar-refractivity contribution is -0.123. The third-order valence-corrected chi connectivity index (χ3v) is 3.85. The molecule has 0 bridgehead atoms. The average Bonchev–Trinajstić information content (AvgIpc) is 2.62. The summed E-state index contributed by atoms with van der Waals surface area (Å²) in [6, 6.07) is 12.8. The third-order valence-electron chi connectivity index (χ3n) is 3.85. The van der Waals surface area contributed by atoms with E-state index in [1.54, 1.807) is 18.2 Å². The number of ether oxygens (including phenoxy) is 2. The molecular formula is C21H23F2NO4. The molecular weight excluding hydrogens is 368 g/mol. The van der Waals surface area contributed by atoms with E-state index in [9.17, 15) is 18.4 Å². The van der Waals surface area contributed by atoms with Gasteiger partial charge in [0.05, 0.1) is 11.3 Å². The van der Waals surface area contributed by atoms with Crippen molar-refractivity contribution in [1.82, 2.24) is 0 Å². The maximum absolute atomic E-state index is 12.5. The summed E-state index contributed by atoms with van der Waals surface area (Å²) in [4.78, 5) is 24.5. The van der Waals surface area contributed by atoms with Crippen molar-refractivity contribution in [1.29, 1.82) is 0 Å². The van der Waals surface area contributed by atoms with Gasteiger partial charge in [0, 0.05) is 0 Å². The van der Waals surface area contributed by atoms with Gasteiger partial charge < -0.3 is 14.8 Å². The molecule has 1 atom stereocenters. The van der Waals surface area contributed by atoms with E-state index in [-0.39, 0.29) is 11.4 Å². The van der Waals surface area contributed by atoms with Crippen LogP contribution in [0.4, 0.5) is 14.5 Å². The molecule has 0 aliphatic rings. The number of carbonyl (C=O) groups excluding carboxylic acids is 2. The number of para-hydroxylation sites is 2. The molecule has 2 rings (SSSR count). The quantitative estimate of drug-likeness (QED) is 0.664. The molecule has 0 aliphatic heterocycles. The molecule has 2 aromatic carbocycles. The standard InChI is InChI=1S/C21H23F2NO4/c1-13(2)12-15-8-10-16(11-9-15)20(26)27-14(3)19(25)24-17-6-4-5-7-18(17)28-21(22)23/h4-11,13-14,21H,12H2,1-3H3,(H,24,25)/t14-/m0/s1. The van der Waals surface area contributed by atoms with E-state index in [2.05, 4.69) is 23.9 Å². The minimum Gasteiger partial charge on any atom is -0.449 e. The van der Waals surface area contributed by atoms with Crippen LogP contribution in [0.25, 0.3) is 0 Å². The molecule has 0 radical (unpaired) electrons. The highest BCUT2D eigenvalue weighted by atomic mass is 19.3. The first kappa shape index (κ1) is 21.3. The fraction of sp³-hybridized carbons (Fsp3) is 0.333. The van der Waals surface area contributed by atoms with Gasteiger partial charge in [0.1, 0.15) is 5.75 Å². The zero-order valence-electron chi connectivity index (χ0n) is 15.9. The van der Waals surface area contributed by atoms with Gasteiger partial charge in [-0.05, 0) is 49.1 Å². The van der Waals surface area contributed by atoms with Crippen molar-refractivity contribution in [2.24, 2.45) is 5.92 Å². The summed E-state index contributed by atoms with van der Waals surface area (Å²) in [5, 5.41) is 2.43. The van der Waals surface area contributed by atoms with Gasteiger partial charge in [-0.2, -0.15) is 8.78 Å². The highest BCUT2D eigenvalue weighted by Gasteiger charge is 2.21. The van der Waals surface area contributed by atoms with Gasteiger partial charge in [0.2, 0.25) is 0 Å². The average molecular weight is 391 g/mol. The fourth-order valence-corrected chi connectivity index (χ4v) is 2.53. The number of nitrogens with one attached hydrogen (secondary N) is 1. The Hall–Kier alpha value is -2.96. The van der Waals surface area contributed by atoms with Crippen LogP contribution in [0, 0.1) is 5.92 Å². The summed E-state index contributed by atoms with van der Waals surface area (Å²) in [5.41, 5.74) is 1.50. The Morgan fingerprint density at radius 3 is 2.25 bits per heavy atom. The van der Waals surface area contributed by atoms with E-state index in [4.69, 9.17) is 4.74 Å². The molecule has 0 aliphatic carbocycles. The minimum atomic E-state index is -3.02. The number of esters is 1. The molecule has 0 aromatic heterocycles. The molecule has 28 heavy (non-hydrogen) atoms. The van der Waals surface area contributed by atoms with Crippen molar-refractivity contribution in [2.75, 3.05) is 5.32 Å². The lowest BCUT2D eigenvalue weighted by Crippen LogP contribution is -2.30. The number of carbonyl (C=O) groups is 2. The van der Waals surface area contributed by atoms with E-state index < -0.39 is 24.6 Å². The number of benzene rings is 2. The van der Waals surface area contributed by atoms with Crippen LogP contribution in [0.1, 0.15) is 36.7 Å². The van der Waals surface area contributed by atoms with E-state index >= 15 is 0 Å². The molecule has 1 N–H and O–H groups in total. The van der Waals surface area contributed by atoms with Crippen molar-refractivity contribution in [3.8, 4) is 5.75 Å².